The van der Waals surface area contributed by atoms with E-state index >= 15 is 4.39 Å². The number of piperazine rings is 1. The van der Waals surface area contributed by atoms with Crippen molar-refractivity contribution in [1.29, 1.82) is 5.26 Å². The molecule has 9 nitrogen and oxygen atoms in total. The molecule has 0 spiro atoms. The van der Waals surface area contributed by atoms with Crippen LogP contribution in [0.3, 0.4) is 0 Å². The van der Waals surface area contributed by atoms with Crippen LogP contribution in [0.5, 0.6) is 11.8 Å². The molecular weight excluding hydrogens is 602 g/mol. The number of anilines is 1. The molecule has 0 radical (unpaired) electrons. The summed E-state index contributed by atoms with van der Waals surface area (Å²) >= 11 is 0. The van der Waals surface area contributed by atoms with E-state index in [4.69, 9.17) is 19.4 Å². The molecule has 2 fully saturated rings. The van der Waals surface area contributed by atoms with Gasteiger partial charge in [0.25, 0.3) is 5.91 Å². The van der Waals surface area contributed by atoms with Gasteiger partial charge < -0.3 is 24.2 Å². The van der Waals surface area contributed by atoms with Gasteiger partial charge in [0.2, 0.25) is 0 Å². The Kier molecular flexibility index (Phi) is 8.37. The van der Waals surface area contributed by atoms with Crippen molar-refractivity contribution in [2.45, 2.75) is 44.2 Å². The number of ether oxygens (including phenoxy) is 2. The minimum Gasteiger partial charge on any atom is -0.492 e. The van der Waals surface area contributed by atoms with Crippen molar-refractivity contribution >= 4 is 33.4 Å². The molecule has 3 aliphatic heterocycles. The first-order valence-corrected chi connectivity index (χ1v) is 16.1. The van der Waals surface area contributed by atoms with Crippen molar-refractivity contribution in [3.63, 3.8) is 0 Å². The van der Waals surface area contributed by atoms with Gasteiger partial charge in [-0.3, -0.25) is 4.79 Å². The molecule has 1 aromatic heterocycles. The summed E-state index contributed by atoms with van der Waals surface area (Å²) in [6.45, 7) is 5.86. The molecule has 0 N–H and O–H groups in total. The van der Waals surface area contributed by atoms with Crippen molar-refractivity contribution in [3.8, 4) is 29.0 Å². The summed E-state index contributed by atoms with van der Waals surface area (Å²) in [5.74, 6) is -0.964. The zero-order valence-corrected chi connectivity index (χ0v) is 26.3. The van der Waals surface area contributed by atoms with Crippen LogP contribution in [0, 0.1) is 17.1 Å². The lowest BCUT2D eigenvalue weighted by Gasteiger charge is -2.41. The highest BCUT2D eigenvalue weighted by molar-refractivity contribution is 6.04. The van der Waals surface area contributed by atoms with Gasteiger partial charge in [-0.25, -0.2) is 8.78 Å². The summed E-state index contributed by atoms with van der Waals surface area (Å²) in [7, 11) is 2.08. The van der Waals surface area contributed by atoms with Crippen LogP contribution in [-0.2, 0) is 11.2 Å². The fourth-order valence-corrected chi connectivity index (χ4v) is 7.26. The van der Waals surface area contributed by atoms with E-state index in [1.165, 1.54) is 11.0 Å². The highest BCUT2D eigenvalue weighted by atomic mass is 19.1. The van der Waals surface area contributed by atoms with Crippen LogP contribution >= 0.6 is 0 Å². The first kappa shape index (κ1) is 30.8. The second-order valence-electron chi connectivity index (χ2n) is 12.5. The molecule has 0 bridgehead atoms. The van der Waals surface area contributed by atoms with Gasteiger partial charge in [0, 0.05) is 36.6 Å². The summed E-state index contributed by atoms with van der Waals surface area (Å²) in [5, 5.41) is 11.6. The van der Waals surface area contributed by atoms with Gasteiger partial charge in [-0.15, -0.1) is 0 Å². The van der Waals surface area contributed by atoms with Crippen molar-refractivity contribution in [1.82, 2.24) is 19.8 Å². The number of likely N-dealkylation sites (tertiary alicyclic amines) is 1. The van der Waals surface area contributed by atoms with Gasteiger partial charge in [0.05, 0.1) is 36.0 Å². The van der Waals surface area contributed by atoms with Crippen LogP contribution in [0.2, 0.25) is 0 Å². The smallest absolute Gasteiger partial charge is 0.319 e. The predicted octanol–water partition coefficient (Wildman–Crippen LogP) is 5.80. The number of hydrogen-bond donors (Lipinski definition) is 0. The van der Waals surface area contributed by atoms with Crippen LogP contribution in [0.4, 0.5) is 14.6 Å². The maximum Gasteiger partial charge on any atom is 0.319 e. The van der Waals surface area contributed by atoms with Crippen LogP contribution in [-0.4, -0.2) is 84.2 Å². The molecule has 7 rings (SSSR count). The average molecular weight is 639 g/mol. The first-order valence-electron chi connectivity index (χ1n) is 16.1. The Morgan fingerprint density at radius 2 is 1.94 bits per heavy atom. The maximum absolute atomic E-state index is 15.4. The van der Waals surface area contributed by atoms with E-state index in [0.717, 1.165) is 54.3 Å². The van der Waals surface area contributed by atoms with Gasteiger partial charge in [0.1, 0.15) is 24.0 Å². The van der Waals surface area contributed by atoms with Gasteiger partial charge in [-0.2, -0.15) is 15.2 Å². The fourth-order valence-electron chi connectivity index (χ4n) is 7.26. The SMILES string of the molecule is C=C(F)C(=O)N1CCN(c2nc(OCC3CCCN3C)nc3cc(-c4cccc5cccc(F)c45)c4c(c23)OCCC4)CC1CC#N. The van der Waals surface area contributed by atoms with Crippen molar-refractivity contribution < 1.29 is 23.0 Å². The number of nitrogens with zero attached hydrogens (tertiary/aromatic N) is 6. The van der Waals surface area contributed by atoms with Gasteiger partial charge in [-0.05, 0) is 67.9 Å². The number of benzene rings is 3. The van der Waals surface area contributed by atoms with Crippen molar-refractivity contribution in [3.05, 3.63) is 66.3 Å². The number of rotatable bonds is 7. The zero-order valence-electron chi connectivity index (χ0n) is 26.3. The number of fused-ring (bicyclic) bond motifs is 4. The Morgan fingerprint density at radius 3 is 2.70 bits per heavy atom. The molecule has 0 saturated carbocycles. The minimum atomic E-state index is -1.05. The molecule has 1 amide bonds. The number of amides is 1. The second-order valence-corrected chi connectivity index (χ2v) is 12.5. The zero-order chi connectivity index (χ0) is 32.7. The number of carbonyl (C=O) groups is 1. The lowest BCUT2D eigenvalue weighted by molar-refractivity contribution is -0.131. The monoisotopic (exact) mass is 638 g/mol. The molecule has 11 heteroatoms. The molecule has 2 atom stereocenters. The summed E-state index contributed by atoms with van der Waals surface area (Å²) in [6, 6.07) is 14.8. The van der Waals surface area contributed by atoms with Crippen LogP contribution in [0.25, 0.3) is 32.8 Å². The molecule has 3 aliphatic rings. The fraction of sp³-hybridized carbons (Fsp3) is 0.389. The van der Waals surface area contributed by atoms with E-state index < -0.39 is 17.8 Å². The molecule has 4 aromatic rings. The Morgan fingerprint density at radius 1 is 1.11 bits per heavy atom. The normalized spacial score (nSPS) is 19.8. The lowest BCUT2D eigenvalue weighted by Crippen LogP contribution is -2.55. The number of aromatic nitrogens is 2. The van der Waals surface area contributed by atoms with Crippen LogP contribution in [0.15, 0.2) is 54.9 Å². The Labute approximate surface area is 272 Å². The molecule has 2 saturated heterocycles. The summed E-state index contributed by atoms with van der Waals surface area (Å²) in [4.78, 5) is 28.1. The molecule has 2 unspecified atom stereocenters. The van der Waals surface area contributed by atoms with E-state index in [2.05, 4.69) is 24.6 Å². The van der Waals surface area contributed by atoms with Crippen molar-refractivity contribution in [2.75, 3.05) is 51.3 Å². The number of carbonyl (C=O) groups excluding carboxylic acids is 1. The van der Waals surface area contributed by atoms with Crippen LogP contribution < -0.4 is 14.4 Å². The third-order valence-corrected chi connectivity index (χ3v) is 9.64. The highest BCUT2D eigenvalue weighted by Gasteiger charge is 2.35. The minimum absolute atomic E-state index is 0.0152. The van der Waals surface area contributed by atoms with E-state index in [1.54, 1.807) is 6.07 Å². The maximum atomic E-state index is 15.4. The van der Waals surface area contributed by atoms with Crippen molar-refractivity contribution in [2.24, 2.45) is 0 Å². The molecule has 47 heavy (non-hydrogen) atoms. The van der Waals surface area contributed by atoms with Gasteiger partial charge in [0.15, 0.2) is 5.83 Å². The van der Waals surface area contributed by atoms with E-state index in [1.807, 2.05) is 35.2 Å². The summed E-state index contributed by atoms with van der Waals surface area (Å²) in [6.07, 6.45) is 3.64. The predicted molar refractivity (Wildman–Crippen MR) is 176 cm³/mol. The lowest BCUT2D eigenvalue weighted by atomic mass is 9.89. The van der Waals surface area contributed by atoms with E-state index in [9.17, 15) is 14.4 Å². The average Bonchev–Trinajstić information content (AvgIpc) is 3.50. The standard InChI is InChI=1S/C36H36F2N6O3/c1-22(37)35(45)44-17-16-43(20-24(44)13-14-39)34-32-30(40-36(41-34)47-21-25-9-5-15-42(25)2)19-28(27-11-6-18-46-33(27)32)26-10-3-7-23-8-4-12-29(38)31(23)26/h3-4,7-8,10,12,19,24-25H,1,5-6,9,11,13,15-18,20-21H2,2H3. The highest BCUT2D eigenvalue weighted by Crippen LogP contribution is 2.46. The Balaban J connectivity index is 1.39. The Hall–Kier alpha value is -4.82. The molecule has 242 valence electrons. The second kappa shape index (κ2) is 12.8. The molecule has 0 aliphatic carbocycles. The van der Waals surface area contributed by atoms with E-state index in [-0.39, 0.29) is 37.4 Å². The third-order valence-electron chi connectivity index (χ3n) is 9.64. The van der Waals surface area contributed by atoms with Gasteiger partial charge >= 0.3 is 6.01 Å². The summed E-state index contributed by atoms with van der Waals surface area (Å²) < 4.78 is 42.0. The molecule has 3 aromatic carbocycles. The largest absolute Gasteiger partial charge is 0.492 e. The topological polar surface area (TPSA) is 94.8 Å². The van der Waals surface area contributed by atoms with Gasteiger partial charge in [-0.1, -0.05) is 36.9 Å². The Bertz CT molecular complexity index is 1920. The number of hydrogen-bond acceptors (Lipinski definition) is 8. The molecule has 4 heterocycles. The number of halogens is 2. The first-order chi connectivity index (χ1) is 22.8. The van der Waals surface area contributed by atoms with Crippen LogP contribution in [0.1, 0.15) is 31.2 Å². The van der Waals surface area contributed by atoms with E-state index in [0.29, 0.717) is 47.6 Å². The summed E-state index contributed by atoms with van der Waals surface area (Å²) in [5.41, 5.74) is 3.13. The third kappa shape index (κ3) is 5.71. The molecular formula is C36H36F2N6O3. The number of likely N-dealkylation sites (N-methyl/N-ethyl adjacent to an activating group) is 1. The number of nitriles is 1. The quantitative estimate of drug-likeness (QED) is 0.235.